The molecule has 0 saturated carbocycles. The number of amides is 1. The van der Waals surface area contributed by atoms with Crippen molar-refractivity contribution >= 4 is 23.4 Å². The third-order valence-electron chi connectivity index (χ3n) is 4.73. The molecule has 0 saturated heterocycles. The fourth-order valence-corrected chi connectivity index (χ4v) is 3.02. The van der Waals surface area contributed by atoms with E-state index in [1.807, 2.05) is 20.8 Å². The van der Waals surface area contributed by atoms with Gasteiger partial charge in [0.15, 0.2) is 12.4 Å². The van der Waals surface area contributed by atoms with E-state index in [9.17, 15) is 18.0 Å². The maximum absolute atomic E-state index is 12.6. The minimum Gasteiger partial charge on any atom is -0.468 e. The Morgan fingerprint density at radius 3 is 2.55 bits per heavy atom. The van der Waals surface area contributed by atoms with E-state index >= 15 is 0 Å². The van der Waals surface area contributed by atoms with Gasteiger partial charge < -0.3 is 25.0 Å². The van der Waals surface area contributed by atoms with Crippen LogP contribution in [0, 0.1) is 6.92 Å². The molecule has 1 atom stereocenters. The summed E-state index contributed by atoms with van der Waals surface area (Å²) >= 11 is 0. The maximum Gasteiger partial charge on any atom is 0.422 e. The molecule has 0 aromatic carbocycles. The number of hydrogen-bond acceptors (Lipinski definition) is 8. The SMILES string of the molecule is Cc1nc(NCc2ccc(OCC(F)(F)F)nc2)nc2c1NC(=O)C(COC(C)(C)C)N2C. The third kappa shape index (κ3) is 6.67. The van der Waals surface area contributed by atoms with Crippen LogP contribution >= 0.6 is 0 Å². The summed E-state index contributed by atoms with van der Waals surface area (Å²) in [5.74, 6) is 0.585. The molecule has 0 aliphatic carbocycles. The molecule has 9 nitrogen and oxygen atoms in total. The van der Waals surface area contributed by atoms with Crippen molar-refractivity contribution in [2.24, 2.45) is 0 Å². The summed E-state index contributed by atoms with van der Waals surface area (Å²) in [6.45, 7) is 6.61. The number of nitrogens with zero attached hydrogens (tertiary/aromatic N) is 4. The summed E-state index contributed by atoms with van der Waals surface area (Å²) < 4.78 is 47.1. The number of halogens is 3. The molecular formula is C21H27F3N6O3. The quantitative estimate of drug-likeness (QED) is 0.638. The fraction of sp³-hybridized carbons (Fsp3) is 0.524. The average molecular weight is 468 g/mol. The first-order valence-electron chi connectivity index (χ1n) is 10.3. The average Bonchev–Trinajstić information content (AvgIpc) is 2.71. The van der Waals surface area contributed by atoms with Crippen LogP contribution in [-0.2, 0) is 16.1 Å². The van der Waals surface area contributed by atoms with Crippen molar-refractivity contribution in [3.8, 4) is 5.88 Å². The molecule has 180 valence electrons. The lowest BCUT2D eigenvalue weighted by molar-refractivity contribution is -0.154. The molecule has 12 heteroatoms. The largest absolute Gasteiger partial charge is 0.468 e. The monoisotopic (exact) mass is 468 g/mol. The molecule has 0 fully saturated rings. The number of rotatable bonds is 7. The molecule has 33 heavy (non-hydrogen) atoms. The number of likely N-dealkylation sites (N-methyl/N-ethyl adjacent to an activating group) is 1. The molecule has 0 spiro atoms. The first kappa shape index (κ1) is 24.5. The zero-order chi connectivity index (χ0) is 24.4. The van der Waals surface area contributed by atoms with Gasteiger partial charge in [0.2, 0.25) is 17.7 Å². The van der Waals surface area contributed by atoms with Gasteiger partial charge in [-0.3, -0.25) is 4.79 Å². The Morgan fingerprint density at radius 2 is 1.94 bits per heavy atom. The highest BCUT2D eigenvalue weighted by molar-refractivity contribution is 6.03. The molecule has 2 N–H and O–H groups in total. The number of nitrogens with one attached hydrogen (secondary N) is 2. The van der Waals surface area contributed by atoms with E-state index in [0.29, 0.717) is 28.7 Å². The number of carbonyl (C=O) groups excluding carboxylic acids is 1. The number of hydrogen-bond donors (Lipinski definition) is 2. The molecule has 0 radical (unpaired) electrons. The third-order valence-corrected chi connectivity index (χ3v) is 4.73. The summed E-state index contributed by atoms with van der Waals surface area (Å²) in [6.07, 6.45) is -3.01. The Hall–Kier alpha value is -3.15. The molecule has 3 rings (SSSR count). The highest BCUT2D eigenvalue weighted by atomic mass is 19.4. The predicted octanol–water partition coefficient (Wildman–Crippen LogP) is 3.31. The molecule has 1 aliphatic rings. The normalized spacial score (nSPS) is 16.3. The Balaban J connectivity index is 1.68. The van der Waals surface area contributed by atoms with Crippen LogP contribution in [0.15, 0.2) is 18.3 Å². The van der Waals surface area contributed by atoms with Crippen molar-refractivity contribution in [2.75, 3.05) is 35.8 Å². The highest BCUT2D eigenvalue weighted by Gasteiger charge is 2.34. The summed E-state index contributed by atoms with van der Waals surface area (Å²) in [4.78, 5) is 27.1. The maximum atomic E-state index is 12.6. The van der Waals surface area contributed by atoms with Gasteiger partial charge in [-0.2, -0.15) is 18.2 Å². The molecule has 1 amide bonds. The van der Waals surface area contributed by atoms with Crippen molar-refractivity contribution in [1.29, 1.82) is 0 Å². The van der Waals surface area contributed by atoms with Crippen molar-refractivity contribution in [3.05, 3.63) is 29.6 Å². The Kier molecular flexibility index (Phi) is 6.96. The van der Waals surface area contributed by atoms with Gasteiger partial charge in [-0.15, -0.1) is 0 Å². The van der Waals surface area contributed by atoms with Crippen molar-refractivity contribution in [3.63, 3.8) is 0 Å². The second kappa shape index (κ2) is 9.38. The Bertz CT molecular complexity index is 992. The van der Waals surface area contributed by atoms with Crippen molar-refractivity contribution in [2.45, 2.75) is 52.1 Å². The van der Waals surface area contributed by atoms with Crippen LogP contribution in [0.4, 0.5) is 30.6 Å². The fourth-order valence-electron chi connectivity index (χ4n) is 3.02. The van der Waals surface area contributed by atoms with Gasteiger partial charge in [-0.05, 0) is 33.3 Å². The molecule has 0 bridgehead atoms. The van der Waals surface area contributed by atoms with E-state index in [-0.39, 0.29) is 24.9 Å². The van der Waals surface area contributed by atoms with E-state index in [1.54, 1.807) is 24.9 Å². The Labute approximate surface area is 189 Å². The second-order valence-electron chi connectivity index (χ2n) is 8.63. The van der Waals surface area contributed by atoms with Gasteiger partial charge in [-0.1, -0.05) is 6.07 Å². The number of carbonyl (C=O) groups is 1. The lowest BCUT2D eigenvalue weighted by Crippen LogP contribution is -2.50. The minimum absolute atomic E-state index is 0.113. The van der Waals surface area contributed by atoms with Crippen LogP contribution in [-0.4, -0.2) is 58.9 Å². The zero-order valence-electron chi connectivity index (χ0n) is 19.1. The van der Waals surface area contributed by atoms with Gasteiger partial charge in [0.25, 0.3) is 0 Å². The van der Waals surface area contributed by atoms with Crippen LogP contribution in [0.1, 0.15) is 32.0 Å². The standard InChI is InChI=1S/C21H27F3N6O3/c1-12-16-17(30(5)14(18(31)28-16)10-33-20(2,3)4)29-19(27-12)26-9-13-6-7-15(25-8-13)32-11-21(22,23)24/h6-8,14H,9-11H2,1-5H3,(H,28,31)(H,26,27,29). The van der Waals surface area contributed by atoms with E-state index in [1.165, 1.54) is 12.3 Å². The van der Waals surface area contributed by atoms with E-state index in [2.05, 4.69) is 30.3 Å². The summed E-state index contributed by atoms with van der Waals surface area (Å²) in [6, 6.07) is 2.42. The predicted molar refractivity (Wildman–Crippen MR) is 116 cm³/mol. The van der Waals surface area contributed by atoms with Gasteiger partial charge in [0.1, 0.15) is 11.7 Å². The van der Waals surface area contributed by atoms with Crippen LogP contribution in [0.25, 0.3) is 0 Å². The van der Waals surface area contributed by atoms with Crippen LogP contribution in [0.2, 0.25) is 0 Å². The molecule has 2 aromatic heterocycles. The number of fused-ring (bicyclic) bond motifs is 1. The van der Waals surface area contributed by atoms with E-state index < -0.39 is 24.4 Å². The smallest absolute Gasteiger partial charge is 0.422 e. The molecule has 1 aliphatic heterocycles. The van der Waals surface area contributed by atoms with Crippen LogP contribution in [0.5, 0.6) is 5.88 Å². The number of anilines is 3. The topological polar surface area (TPSA) is 102 Å². The van der Waals surface area contributed by atoms with Crippen LogP contribution in [0.3, 0.4) is 0 Å². The van der Waals surface area contributed by atoms with E-state index in [4.69, 9.17) is 4.74 Å². The zero-order valence-corrected chi connectivity index (χ0v) is 19.1. The van der Waals surface area contributed by atoms with E-state index in [0.717, 1.165) is 0 Å². The molecular weight excluding hydrogens is 441 g/mol. The molecule has 1 unspecified atom stereocenters. The number of pyridine rings is 1. The van der Waals surface area contributed by atoms with Crippen molar-refractivity contribution < 1.29 is 27.4 Å². The van der Waals surface area contributed by atoms with Gasteiger partial charge >= 0.3 is 6.18 Å². The number of aromatic nitrogens is 3. The summed E-state index contributed by atoms with van der Waals surface area (Å²) in [5, 5.41) is 5.93. The number of alkyl halides is 3. The van der Waals surface area contributed by atoms with Gasteiger partial charge in [0, 0.05) is 25.9 Å². The lowest BCUT2D eigenvalue weighted by Gasteiger charge is -2.36. The lowest BCUT2D eigenvalue weighted by atomic mass is 10.1. The van der Waals surface area contributed by atoms with Crippen LogP contribution < -0.4 is 20.3 Å². The first-order valence-corrected chi connectivity index (χ1v) is 10.3. The van der Waals surface area contributed by atoms with Gasteiger partial charge in [-0.25, -0.2) is 9.97 Å². The second-order valence-corrected chi connectivity index (χ2v) is 8.63. The summed E-state index contributed by atoms with van der Waals surface area (Å²) in [7, 11) is 1.77. The number of aryl methyl sites for hydroxylation is 1. The Morgan fingerprint density at radius 1 is 1.21 bits per heavy atom. The highest BCUT2D eigenvalue weighted by Crippen LogP contribution is 2.32. The van der Waals surface area contributed by atoms with Gasteiger partial charge in [0.05, 0.1) is 17.9 Å². The first-order chi connectivity index (χ1) is 15.3. The molecule has 3 heterocycles. The number of ether oxygens (including phenoxy) is 2. The summed E-state index contributed by atoms with van der Waals surface area (Å²) in [5.41, 5.74) is 1.43. The molecule has 2 aromatic rings. The minimum atomic E-state index is -4.42. The van der Waals surface area contributed by atoms with Crippen molar-refractivity contribution in [1.82, 2.24) is 15.0 Å².